The molecule has 42 valence electrons. The third kappa shape index (κ3) is 1.59. The quantitative estimate of drug-likeness (QED) is 0.508. The molecule has 0 radical (unpaired) electrons. The van der Waals surface area contributed by atoms with Gasteiger partial charge in [0.05, 0.1) is 0 Å². The van der Waals surface area contributed by atoms with E-state index in [4.69, 9.17) is 5.11 Å². The third-order valence-corrected chi connectivity index (χ3v) is 1.43. The maximum atomic E-state index is 8.72. The van der Waals surface area contributed by atoms with Crippen LogP contribution in [-0.4, -0.2) is 22.8 Å². The molecule has 1 aromatic rings. The molecule has 0 saturated heterocycles. The zero-order valence-corrected chi connectivity index (χ0v) is 5.46. The van der Waals surface area contributed by atoms with Gasteiger partial charge in [-0.05, 0) is 0 Å². The predicted octanol–water partition coefficient (Wildman–Crippen LogP) is -0.0273. The molecule has 1 N–H and O–H groups in total. The van der Waals surface area contributed by atoms with Gasteiger partial charge < -0.3 is 0 Å². The summed E-state index contributed by atoms with van der Waals surface area (Å²) in [7, 11) is 0. The molecular formula is C7H7LiO. The summed E-state index contributed by atoms with van der Waals surface area (Å²) < 4.78 is 1.15. The minimum absolute atomic E-state index is 0.146. The van der Waals surface area contributed by atoms with Crippen molar-refractivity contribution in [1.82, 2.24) is 0 Å². The molecular weight excluding hydrogens is 107 g/mol. The number of benzene rings is 1. The Labute approximate surface area is 63.9 Å². The number of hydrogen-bond donors (Lipinski definition) is 1. The van der Waals surface area contributed by atoms with Crippen molar-refractivity contribution in [3.63, 3.8) is 0 Å². The van der Waals surface area contributed by atoms with Crippen LogP contribution in [0.1, 0.15) is 5.56 Å². The van der Waals surface area contributed by atoms with E-state index in [0.717, 1.165) is 9.80 Å². The van der Waals surface area contributed by atoms with Crippen LogP contribution < -0.4 is 4.24 Å². The van der Waals surface area contributed by atoms with Crippen LogP contribution in [-0.2, 0) is 6.61 Å². The Bertz CT molecular complexity index is 198. The van der Waals surface area contributed by atoms with Gasteiger partial charge in [-0.2, -0.15) is 0 Å². The van der Waals surface area contributed by atoms with Gasteiger partial charge in [0.1, 0.15) is 0 Å². The van der Waals surface area contributed by atoms with E-state index in [-0.39, 0.29) is 6.61 Å². The number of rotatable bonds is 1. The molecule has 2 heteroatoms. The van der Waals surface area contributed by atoms with Gasteiger partial charge in [0.2, 0.25) is 0 Å². The Balaban J connectivity index is 3.01. The molecule has 1 rings (SSSR count). The van der Waals surface area contributed by atoms with Crippen molar-refractivity contribution >= 4 is 22.0 Å². The molecule has 0 aliphatic rings. The standard InChI is InChI=1S/C7H7O.Li/c8-6-7-4-2-1-3-5-7;/h1-4,8H,6H2;. The average molecular weight is 114 g/mol. The zero-order chi connectivity index (χ0) is 6.69. The first-order valence-electron chi connectivity index (χ1n) is 3.00. The zero-order valence-electron chi connectivity index (χ0n) is 5.46. The molecule has 1 aromatic carbocycles. The molecule has 9 heavy (non-hydrogen) atoms. The van der Waals surface area contributed by atoms with Gasteiger partial charge in [0.15, 0.2) is 0 Å². The molecule has 0 unspecified atom stereocenters. The van der Waals surface area contributed by atoms with Gasteiger partial charge in [-0.3, -0.25) is 0 Å². The molecule has 0 fully saturated rings. The Hall–Kier alpha value is -0.223. The van der Waals surface area contributed by atoms with Crippen molar-refractivity contribution < 1.29 is 5.11 Å². The molecule has 0 saturated carbocycles. The SMILES string of the molecule is [Li][c]1ccccc1CO. The molecule has 0 amide bonds. The molecule has 0 atom stereocenters. The molecule has 0 aromatic heterocycles. The van der Waals surface area contributed by atoms with E-state index in [1.165, 1.54) is 0 Å². The van der Waals surface area contributed by atoms with E-state index < -0.39 is 0 Å². The molecule has 0 aliphatic heterocycles. The first kappa shape index (κ1) is 6.89. The van der Waals surface area contributed by atoms with Gasteiger partial charge >= 0.3 is 63.5 Å². The molecule has 0 aliphatic carbocycles. The van der Waals surface area contributed by atoms with Crippen molar-refractivity contribution in [2.75, 3.05) is 0 Å². The second-order valence-corrected chi connectivity index (χ2v) is 2.08. The fourth-order valence-electron chi connectivity index (χ4n) is 0.787. The average Bonchev–Trinajstić information content (AvgIpc) is 1.89. The summed E-state index contributed by atoms with van der Waals surface area (Å²) >= 11 is 1.99. The van der Waals surface area contributed by atoms with Gasteiger partial charge in [0, 0.05) is 0 Å². The van der Waals surface area contributed by atoms with Gasteiger partial charge in [0.25, 0.3) is 0 Å². The third-order valence-electron chi connectivity index (χ3n) is 1.43. The van der Waals surface area contributed by atoms with E-state index in [1.54, 1.807) is 0 Å². The minimum atomic E-state index is 0.146. The first-order chi connectivity index (χ1) is 4.34. The Morgan fingerprint density at radius 3 is 2.44 bits per heavy atom. The topological polar surface area (TPSA) is 20.2 Å². The van der Waals surface area contributed by atoms with Crippen molar-refractivity contribution in [3.8, 4) is 0 Å². The predicted molar refractivity (Wildman–Crippen MR) is 37.8 cm³/mol. The van der Waals surface area contributed by atoms with Crippen LogP contribution in [0.25, 0.3) is 0 Å². The molecule has 0 heterocycles. The summed E-state index contributed by atoms with van der Waals surface area (Å²) in [5.74, 6) is 0. The summed E-state index contributed by atoms with van der Waals surface area (Å²) in [6, 6.07) is 7.81. The van der Waals surface area contributed by atoms with Crippen LogP contribution in [0.5, 0.6) is 0 Å². The van der Waals surface area contributed by atoms with E-state index in [2.05, 4.69) is 0 Å². The van der Waals surface area contributed by atoms with E-state index in [0.29, 0.717) is 0 Å². The van der Waals surface area contributed by atoms with Crippen LogP contribution in [0.4, 0.5) is 0 Å². The van der Waals surface area contributed by atoms with E-state index >= 15 is 0 Å². The van der Waals surface area contributed by atoms with Crippen LogP contribution >= 0.6 is 0 Å². The molecule has 0 spiro atoms. The summed E-state index contributed by atoms with van der Waals surface area (Å²) in [6.45, 7) is 0.146. The van der Waals surface area contributed by atoms with Gasteiger partial charge in [-0.1, -0.05) is 0 Å². The second-order valence-electron chi connectivity index (χ2n) is 2.08. The van der Waals surface area contributed by atoms with Crippen LogP contribution in [0.15, 0.2) is 24.3 Å². The van der Waals surface area contributed by atoms with Gasteiger partial charge in [-0.15, -0.1) is 0 Å². The number of hydrogen-bond acceptors (Lipinski definition) is 1. The van der Waals surface area contributed by atoms with Crippen molar-refractivity contribution in [2.45, 2.75) is 6.61 Å². The van der Waals surface area contributed by atoms with E-state index in [9.17, 15) is 0 Å². The fourth-order valence-corrected chi connectivity index (χ4v) is 0.787. The fraction of sp³-hybridized carbons (Fsp3) is 0.143. The van der Waals surface area contributed by atoms with Crippen LogP contribution in [0.2, 0.25) is 0 Å². The number of aliphatic hydroxyl groups is 1. The Morgan fingerprint density at radius 1 is 1.33 bits per heavy atom. The monoisotopic (exact) mass is 114 g/mol. The maximum absolute atomic E-state index is 8.72. The molecule has 1 nitrogen and oxygen atoms in total. The Kier molecular flexibility index (Phi) is 2.36. The molecule has 0 bridgehead atoms. The van der Waals surface area contributed by atoms with Crippen molar-refractivity contribution in [2.24, 2.45) is 0 Å². The first-order valence-corrected chi connectivity index (χ1v) is 3.00. The second kappa shape index (κ2) is 3.08. The van der Waals surface area contributed by atoms with Crippen molar-refractivity contribution in [3.05, 3.63) is 29.8 Å². The van der Waals surface area contributed by atoms with Crippen LogP contribution in [0, 0.1) is 0 Å². The summed E-state index contributed by atoms with van der Waals surface area (Å²) in [4.78, 5) is 0. The van der Waals surface area contributed by atoms with Crippen LogP contribution in [0.3, 0.4) is 0 Å². The summed E-state index contributed by atoms with van der Waals surface area (Å²) in [5, 5.41) is 8.72. The normalized spacial score (nSPS) is 9.67. The van der Waals surface area contributed by atoms with Crippen molar-refractivity contribution in [1.29, 1.82) is 0 Å². The van der Waals surface area contributed by atoms with Gasteiger partial charge in [-0.25, -0.2) is 0 Å². The van der Waals surface area contributed by atoms with E-state index in [1.807, 2.05) is 42.0 Å². The summed E-state index contributed by atoms with van der Waals surface area (Å²) in [5.41, 5.74) is 1.01. The Morgan fingerprint density at radius 2 is 2.00 bits per heavy atom. The summed E-state index contributed by atoms with van der Waals surface area (Å²) in [6.07, 6.45) is 0. The number of aliphatic hydroxyl groups excluding tert-OH is 1.